The first-order valence-corrected chi connectivity index (χ1v) is 6.15. The molecule has 0 bridgehead atoms. The summed E-state index contributed by atoms with van der Waals surface area (Å²) < 4.78 is 34.9. The van der Waals surface area contributed by atoms with E-state index in [9.17, 15) is 8.78 Å². The van der Waals surface area contributed by atoms with Crippen LogP contribution in [0.15, 0.2) is 18.2 Å². The van der Waals surface area contributed by atoms with Crippen molar-refractivity contribution in [3.8, 4) is 11.5 Å². The van der Waals surface area contributed by atoms with E-state index in [1.165, 1.54) is 7.11 Å². The number of benzene rings is 1. The quantitative estimate of drug-likeness (QED) is 0.863. The highest BCUT2D eigenvalue weighted by Gasteiger charge is 2.15. The van der Waals surface area contributed by atoms with Gasteiger partial charge in [0.25, 0.3) is 6.43 Å². The molecule has 1 aromatic carbocycles. The zero-order valence-electron chi connectivity index (χ0n) is 11.8. The smallest absolute Gasteiger partial charge is 0.272 e. The molecule has 0 atom stereocenters. The van der Waals surface area contributed by atoms with Gasteiger partial charge < -0.3 is 14.8 Å². The molecule has 0 amide bonds. The van der Waals surface area contributed by atoms with Gasteiger partial charge in [-0.25, -0.2) is 8.78 Å². The average molecular weight is 273 g/mol. The molecule has 0 fully saturated rings. The van der Waals surface area contributed by atoms with Gasteiger partial charge in [-0.3, -0.25) is 0 Å². The first-order chi connectivity index (χ1) is 8.83. The molecule has 0 aliphatic heterocycles. The molecule has 3 nitrogen and oxygen atoms in total. The van der Waals surface area contributed by atoms with E-state index in [0.717, 1.165) is 5.56 Å². The largest absolute Gasteiger partial charge is 0.493 e. The van der Waals surface area contributed by atoms with Crippen molar-refractivity contribution in [2.24, 2.45) is 0 Å². The molecule has 1 rings (SSSR count). The summed E-state index contributed by atoms with van der Waals surface area (Å²) in [5, 5.41) is 3.29. The van der Waals surface area contributed by atoms with Gasteiger partial charge in [0.2, 0.25) is 0 Å². The Morgan fingerprint density at radius 3 is 2.47 bits per heavy atom. The molecule has 108 valence electrons. The Morgan fingerprint density at radius 1 is 1.26 bits per heavy atom. The maximum atomic E-state index is 12.3. The standard InChI is InChI=1S/C14H21F2NO2/c1-14(2,3)17-8-10-6-5-7-11(18-4)13(10)19-9-12(15)16/h5-7,12,17H,8-9H2,1-4H3. The maximum absolute atomic E-state index is 12.3. The Kier molecular flexibility index (Phi) is 5.54. The van der Waals surface area contributed by atoms with Crippen LogP contribution in [-0.2, 0) is 6.54 Å². The van der Waals surface area contributed by atoms with Gasteiger partial charge in [-0.05, 0) is 26.8 Å². The van der Waals surface area contributed by atoms with Crippen LogP contribution in [0.5, 0.6) is 11.5 Å². The van der Waals surface area contributed by atoms with Crippen LogP contribution in [0.4, 0.5) is 8.78 Å². The molecule has 0 aliphatic carbocycles. The summed E-state index contributed by atoms with van der Waals surface area (Å²) in [4.78, 5) is 0. The number of halogens is 2. The number of alkyl halides is 2. The Hall–Kier alpha value is -1.36. The van der Waals surface area contributed by atoms with E-state index in [1.54, 1.807) is 6.07 Å². The van der Waals surface area contributed by atoms with E-state index in [2.05, 4.69) is 5.32 Å². The number of rotatable bonds is 6. The maximum Gasteiger partial charge on any atom is 0.272 e. The number of ether oxygens (including phenoxy) is 2. The van der Waals surface area contributed by atoms with Crippen molar-refractivity contribution in [1.82, 2.24) is 5.32 Å². The van der Waals surface area contributed by atoms with Crippen molar-refractivity contribution >= 4 is 0 Å². The van der Waals surface area contributed by atoms with Crippen molar-refractivity contribution in [2.75, 3.05) is 13.7 Å². The van der Waals surface area contributed by atoms with Crippen LogP contribution >= 0.6 is 0 Å². The SMILES string of the molecule is COc1cccc(CNC(C)(C)C)c1OCC(F)F. The van der Waals surface area contributed by atoms with Crippen LogP contribution in [-0.4, -0.2) is 25.7 Å². The first-order valence-electron chi connectivity index (χ1n) is 6.15. The minimum Gasteiger partial charge on any atom is -0.493 e. The van der Waals surface area contributed by atoms with Crippen molar-refractivity contribution in [1.29, 1.82) is 0 Å². The van der Waals surface area contributed by atoms with Crippen LogP contribution < -0.4 is 14.8 Å². The molecule has 1 aromatic rings. The van der Waals surface area contributed by atoms with Gasteiger partial charge in [0.15, 0.2) is 11.5 Å². The Labute approximate surface area is 112 Å². The highest BCUT2D eigenvalue weighted by atomic mass is 19.3. The summed E-state index contributed by atoms with van der Waals surface area (Å²) in [6.45, 7) is 5.99. The third kappa shape index (κ3) is 5.42. The molecule has 0 unspecified atom stereocenters. The van der Waals surface area contributed by atoms with E-state index in [-0.39, 0.29) is 5.54 Å². The highest BCUT2D eigenvalue weighted by Crippen LogP contribution is 2.31. The monoisotopic (exact) mass is 273 g/mol. The van der Waals surface area contributed by atoms with E-state index in [0.29, 0.717) is 18.0 Å². The molecular weight excluding hydrogens is 252 g/mol. The van der Waals surface area contributed by atoms with Gasteiger partial charge in [0.1, 0.15) is 6.61 Å². The van der Waals surface area contributed by atoms with Gasteiger partial charge in [-0.1, -0.05) is 12.1 Å². The van der Waals surface area contributed by atoms with E-state index in [1.807, 2.05) is 32.9 Å². The minimum absolute atomic E-state index is 0.0664. The fourth-order valence-corrected chi connectivity index (χ4v) is 1.53. The van der Waals surface area contributed by atoms with E-state index in [4.69, 9.17) is 9.47 Å². The third-order valence-electron chi connectivity index (χ3n) is 2.44. The van der Waals surface area contributed by atoms with Crippen molar-refractivity contribution in [2.45, 2.75) is 39.3 Å². The Bertz CT molecular complexity index is 403. The van der Waals surface area contributed by atoms with Gasteiger partial charge in [0.05, 0.1) is 7.11 Å². The zero-order valence-corrected chi connectivity index (χ0v) is 11.8. The molecule has 0 aromatic heterocycles. The molecule has 0 saturated heterocycles. The van der Waals surface area contributed by atoms with E-state index >= 15 is 0 Å². The van der Waals surface area contributed by atoms with Crippen LogP contribution in [0.25, 0.3) is 0 Å². The zero-order chi connectivity index (χ0) is 14.5. The van der Waals surface area contributed by atoms with Crippen LogP contribution in [0.3, 0.4) is 0 Å². The molecule has 0 aliphatic rings. The fraction of sp³-hybridized carbons (Fsp3) is 0.571. The summed E-state index contributed by atoms with van der Waals surface area (Å²) in [6, 6.07) is 5.34. The second kappa shape index (κ2) is 6.70. The summed E-state index contributed by atoms with van der Waals surface area (Å²) in [5.41, 5.74) is 0.734. The van der Waals surface area contributed by atoms with Gasteiger partial charge in [0, 0.05) is 17.6 Å². The van der Waals surface area contributed by atoms with Crippen molar-refractivity contribution in [3.05, 3.63) is 23.8 Å². The number of hydrogen-bond acceptors (Lipinski definition) is 3. The van der Waals surface area contributed by atoms with Crippen molar-refractivity contribution in [3.63, 3.8) is 0 Å². The van der Waals surface area contributed by atoms with Crippen molar-refractivity contribution < 1.29 is 18.3 Å². The normalized spacial score (nSPS) is 11.7. The van der Waals surface area contributed by atoms with Crippen LogP contribution in [0, 0.1) is 0 Å². The predicted octanol–water partition coefficient (Wildman–Crippen LogP) is 3.23. The van der Waals surface area contributed by atoms with Crippen LogP contribution in [0.2, 0.25) is 0 Å². The molecule has 0 heterocycles. The lowest BCUT2D eigenvalue weighted by molar-refractivity contribution is 0.0798. The van der Waals surface area contributed by atoms with Crippen LogP contribution in [0.1, 0.15) is 26.3 Å². The van der Waals surface area contributed by atoms with Gasteiger partial charge in [-0.15, -0.1) is 0 Å². The fourth-order valence-electron chi connectivity index (χ4n) is 1.53. The summed E-state index contributed by atoms with van der Waals surface area (Å²) in [7, 11) is 1.49. The number of hydrogen-bond donors (Lipinski definition) is 1. The lowest BCUT2D eigenvalue weighted by Crippen LogP contribution is -2.35. The molecule has 0 spiro atoms. The number of para-hydroxylation sites is 1. The summed E-state index contributed by atoms with van der Waals surface area (Å²) >= 11 is 0. The first kappa shape index (κ1) is 15.7. The Morgan fingerprint density at radius 2 is 1.95 bits per heavy atom. The molecule has 1 N–H and O–H groups in total. The molecule has 5 heteroatoms. The molecule has 19 heavy (non-hydrogen) atoms. The van der Waals surface area contributed by atoms with Gasteiger partial charge >= 0.3 is 0 Å². The molecular formula is C14H21F2NO2. The second-order valence-corrected chi connectivity index (χ2v) is 5.25. The Balaban J connectivity index is 2.88. The lowest BCUT2D eigenvalue weighted by atomic mass is 10.1. The number of methoxy groups -OCH3 is 1. The molecule has 0 saturated carbocycles. The summed E-state index contributed by atoms with van der Waals surface area (Å²) in [6.07, 6.45) is -2.51. The summed E-state index contributed by atoms with van der Waals surface area (Å²) in [5.74, 6) is 0.843. The second-order valence-electron chi connectivity index (χ2n) is 5.25. The topological polar surface area (TPSA) is 30.5 Å². The average Bonchev–Trinajstić information content (AvgIpc) is 2.32. The molecule has 0 radical (unpaired) electrons. The predicted molar refractivity (Wildman–Crippen MR) is 71.1 cm³/mol. The number of nitrogens with one attached hydrogen (secondary N) is 1. The van der Waals surface area contributed by atoms with Gasteiger partial charge in [-0.2, -0.15) is 0 Å². The lowest BCUT2D eigenvalue weighted by Gasteiger charge is -2.22. The highest BCUT2D eigenvalue weighted by molar-refractivity contribution is 5.46. The third-order valence-corrected chi connectivity index (χ3v) is 2.44. The van der Waals surface area contributed by atoms with E-state index < -0.39 is 13.0 Å². The minimum atomic E-state index is -2.51.